The summed E-state index contributed by atoms with van der Waals surface area (Å²) in [6.45, 7) is 0. The van der Waals surface area contributed by atoms with Gasteiger partial charge >= 0.3 is 6.18 Å². The molecule has 0 spiro atoms. The van der Waals surface area contributed by atoms with Crippen molar-refractivity contribution in [2.75, 3.05) is 12.0 Å². The second kappa shape index (κ2) is 5.66. The van der Waals surface area contributed by atoms with E-state index in [9.17, 15) is 22.4 Å². The van der Waals surface area contributed by atoms with Crippen LogP contribution in [0.15, 0.2) is 36.4 Å². The van der Waals surface area contributed by atoms with Crippen molar-refractivity contribution in [1.29, 1.82) is 0 Å². The first kappa shape index (κ1) is 16.6. The molecule has 0 saturated heterocycles. The second-order valence-corrected chi connectivity index (χ2v) is 5.56. The molecule has 1 aliphatic rings. The Hall–Kier alpha value is -2.28. The zero-order valence-corrected chi connectivity index (χ0v) is 13.0. The first-order valence-electron chi connectivity index (χ1n) is 6.76. The third-order valence-electron chi connectivity index (χ3n) is 3.69. The Morgan fingerprint density at radius 3 is 2.46 bits per heavy atom. The van der Waals surface area contributed by atoms with Crippen molar-refractivity contribution in [3.8, 4) is 5.75 Å². The number of ether oxygens (including phenoxy) is 1. The van der Waals surface area contributed by atoms with E-state index >= 15 is 0 Å². The highest BCUT2D eigenvalue weighted by Crippen LogP contribution is 2.47. The molecule has 0 radical (unpaired) electrons. The molecule has 1 atom stereocenters. The summed E-state index contributed by atoms with van der Waals surface area (Å²) >= 11 is 5.90. The lowest BCUT2D eigenvalue weighted by Crippen LogP contribution is -2.23. The van der Waals surface area contributed by atoms with E-state index in [2.05, 4.69) is 0 Å². The predicted molar refractivity (Wildman–Crippen MR) is 80.4 cm³/mol. The van der Waals surface area contributed by atoms with Gasteiger partial charge in [-0.1, -0.05) is 17.7 Å². The number of nitrogens with zero attached hydrogens (tertiary/aromatic N) is 1. The first-order chi connectivity index (χ1) is 11.2. The number of anilines is 2. The van der Waals surface area contributed by atoms with E-state index in [1.165, 1.54) is 25.3 Å². The maximum absolute atomic E-state index is 14.3. The van der Waals surface area contributed by atoms with E-state index in [-0.39, 0.29) is 27.7 Å². The Morgan fingerprint density at radius 1 is 1.12 bits per heavy atom. The largest absolute Gasteiger partial charge is 0.495 e. The number of benzene rings is 2. The summed E-state index contributed by atoms with van der Waals surface area (Å²) in [5.41, 5.74) is -1.21. The molecule has 0 aromatic heterocycles. The summed E-state index contributed by atoms with van der Waals surface area (Å²) < 4.78 is 58.2. The van der Waals surface area contributed by atoms with Gasteiger partial charge in [-0.2, -0.15) is 13.2 Å². The molecule has 0 fully saturated rings. The minimum Gasteiger partial charge on any atom is -0.495 e. The van der Waals surface area contributed by atoms with Crippen molar-refractivity contribution >= 4 is 28.9 Å². The summed E-state index contributed by atoms with van der Waals surface area (Å²) in [4.78, 5) is 13.1. The first-order valence-corrected chi connectivity index (χ1v) is 7.14. The van der Waals surface area contributed by atoms with Crippen LogP contribution in [0.5, 0.6) is 5.75 Å². The fourth-order valence-electron chi connectivity index (χ4n) is 2.58. The molecule has 8 heteroatoms. The molecule has 2 aromatic rings. The van der Waals surface area contributed by atoms with Crippen LogP contribution >= 0.6 is 11.6 Å². The SMILES string of the molecule is COc1ccc(Cl)cc1N1C(=O)C(F)c2ccc(C(F)(F)F)cc21. The van der Waals surface area contributed by atoms with Crippen LogP contribution in [-0.2, 0) is 11.0 Å². The number of rotatable bonds is 2. The Balaban J connectivity index is 2.22. The molecule has 0 saturated carbocycles. The highest BCUT2D eigenvalue weighted by molar-refractivity contribution is 6.31. The number of hydrogen-bond donors (Lipinski definition) is 0. The van der Waals surface area contributed by atoms with E-state index in [1.54, 1.807) is 0 Å². The molecule has 0 N–H and O–H groups in total. The summed E-state index contributed by atoms with van der Waals surface area (Å²) in [6, 6.07) is 6.73. The van der Waals surface area contributed by atoms with Gasteiger partial charge in [-0.15, -0.1) is 0 Å². The lowest BCUT2D eigenvalue weighted by atomic mass is 10.1. The normalized spacial score (nSPS) is 17.2. The standard InChI is InChI=1S/C16H10ClF4NO2/c1-24-13-5-3-9(17)7-12(13)22-11-6-8(16(19,20)21)2-4-10(11)14(18)15(22)23/h2-7,14H,1H3. The third kappa shape index (κ3) is 2.58. The molecule has 3 rings (SSSR count). The lowest BCUT2D eigenvalue weighted by molar-refractivity contribution is -0.137. The van der Waals surface area contributed by atoms with Gasteiger partial charge in [0.1, 0.15) is 5.75 Å². The van der Waals surface area contributed by atoms with Crippen molar-refractivity contribution in [2.45, 2.75) is 12.3 Å². The van der Waals surface area contributed by atoms with Gasteiger partial charge in [0.15, 0.2) is 0 Å². The third-order valence-corrected chi connectivity index (χ3v) is 3.93. The molecule has 1 unspecified atom stereocenters. The number of alkyl halides is 4. The molecule has 2 aromatic carbocycles. The van der Waals surface area contributed by atoms with Crippen molar-refractivity contribution in [3.63, 3.8) is 0 Å². The summed E-state index contributed by atoms with van der Waals surface area (Å²) in [7, 11) is 1.33. The van der Waals surface area contributed by atoms with Gasteiger partial charge in [0.2, 0.25) is 6.17 Å². The van der Waals surface area contributed by atoms with E-state index in [0.717, 1.165) is 23.1 Å². The van der Waals surface area contributed by atoms with Gasteiger partial charge in [-0.05, 0) is 30.3 Å². The quantitative estimate of drug-likeness (QED) is 0.702. The minimum atomic E-state index is -4.61. The summed E-state index contributed by atoms with van der Waals surface area (Å²) in [5.74, 6) is -0.810. The smallest absolute Gasteiger partial charge is 0.416 e. The molecular formula is C16H10ClF4NO2. The molecule has 126 valence electrons. The Bertz CT molecular complexity index is 822. The van der Waals surface area contributed by atoms with Gasteiger partial charge < -0.3 is 4.74 Å². The van der Waals surface area contributed by atoms with Crippen LogP contribution in [0.4, 0.5) is 28.9 Å². The molecule has 0 bridgehead atoms. The van der Waals surface area contributed by atoms with Crippen LogP contribution in [0.25, 0.3) is 0 Å². The van der Waals surface area contributed by atoms with Crippen molar-refractivity contribution < 1.29 is 27.1 Å². The zero-order valence-electron chi connectivity index (χ0n) is 12.2. The van der Waals surface area contributed by atoms with Crippen LogP contribution in [0.3, 0.4) is 0 Å². The second-order valence-electron chi connectivity index (χ2n) is 5.12. The molecular weight excluding hydrogens is 350 g/mol. The number of carbonyl (C=O) groups excluding carboxylic acids is 1. The van der Waals surface area contributed by atoms with Crippen LogP contribution in [0, 0.1) is 0 Å². The van der Waals surface area contributed by atoms with Crippen LogP contribution in [0.1, 0.15) is 17.3 Å². The van der Waals surface area contributed by atoms with Gasteiger partial charge in [0.05, 0.1) is 24.0 Å². The zero-order chi connectivity index (χ0) is 17.6. The van der Waals surface area contributed by atoms with E-state index in [4.69, 9.17) is 16.3 Å². The topological polar surface area (TPSA) is 29.5 Å². The predicted octanol–water partition coefficient (Wildman–Crippen LogP) is 5.06. The van der Waals surface area contributed by atoms with Crippen molar-refractivity contribution in [2.24, 2.45) is 0 Å². The Labute approximate surface area is 139 Å². The Kier molecular flexibility index (Phi) is 3.91. The molecule has 3 nitrogen and oxygen atoms in total. The summed E-state index contributed by atoms with van der Waals surface area (Å²) in [5, 5.41) is 0.231. The monoisotopic (exact) mass is 359 g/mol. The van der Waals surface area contributed by atoms with Crippen LogP contribution < -0.4 is 9.64 Å². The minimum absolute atomic E-state index is 0.0794. The lowest BCUT2D eigenvalue weighted by Gasteiger charge is -2.21. The molecule has 0 aliphatic carbocycles. The van der Waals surface area contributed by atoms with Crippen LogP contribution in [-0.4, -0.2) is 13.0 Å². The van der Waals surface area contributed by atoms with Crippen molar-refractivity contribution in [3.05, 3.63) is 52.5 Å². The van der Waals surface area contributed by atoms with Gasteiger partial charge in [-0.3, -0.25) is 9.69 Å². The van der Waals surface area contributed by atoms with Crippen LogP contribution in [0.2, 0.25) is 5.02 Å². The van der Waals surface area contributed by atoms with E-state index in [1.807, 2.05) is 0 Å². The number of amides is 1. The molecule has 1 aliphatic heterocycles. The van der Waals surface area contributed by atoms with E-state index in [0.29, 0.717) is 0 Å². The van der Waals surface area contributed by atoms with Crippen molar-refractivity contribution in [1.82, 2.24) is 0 Å². The average molecular weight is 360 g/mol. The Morgan fingerprint density at radius 2 is 1.83 bits per heavy atom. The molecule has 1 heterocycles. The number of carbonyl (C=O) groups is 1. The summed E-state index contributed by atoms with van der Waals surface area (Å²) in [6.07, 6.45) is -6.66. The van der Waals surface area contributed by atoms with Gasteiger partial charge in [0.25, 0.3) is 5.91 Å². The number of hydrogen-bond acceptors (Lipinski definition) is 2. The van der Waals surface area contributed by atoms with E-state index < -0.39 is 23.8 Å². The maximum atomic E-state index is 14.3. The molecule has 1 amide bonds. The maximum Gasteiger partial charge on any atom is 0.416 e. The molecule has 24 heavy (non-hydrogen) atoms. The number of fused-ring (bicyclic) bond motifs is 1. The number of methoxy groups -OCH3 is 1. The van der Waals surface area contributed by atoms with Gasteiger partial charge in [0, 0.05) is 10.6 Å². The highest BCUT2D eigenvalue weighted by Gasteiger charge is 2.42. The number of halogens is 5. The van der Waals surface area contributed by atoms with Gasteiger partial charge in [-0.25, -0.2) is 4.39 Å². The fourth-order valence-corrected chi connectivity index (χ4v) is 2.75. The highest BCUT2D eigenvalue weighted by atomic mass is 35.5. The fraction of sp³-hybridized carbons (Fsp3) is 0.188. The average Bonchev–Trinajstić information content (AvgIpc) is 2.77.